The summed E-state index contributed by atoms with van der Waals surface area (Å²) in [4.78, 5) is 14.9. The highest BCUT2D eigenvalue weighted by molar-refractivity contribution is 6.33. The third kappa shape index (κ3) is 4.43. The SMILES string of the molecule is CC1CCN(C(CNC(=O)c2c(F)cccc2Cl)c2ccccc2)CC1. The summed E-state index contributed by atoms with van der Waals surface area (Å²) in [5, 5.41) is 3.01. The molecule has 3 rings (SSSR count). The van der Waals surface area contributed by atoms with Crippen LogP contribution in [0.5, 0.6) is 0 Å². The van der Waals surface area contributed by atoms with Crippen molar-refractivity contribution in [1.82, 2.24) is 10.2 Å². The van der Waals surface area contributed by atoms with E-state index in [2.05, 4.69) is 29.3 Å². The average Bonchev–Trinajstić information content (AvgIpc) is 2.64. The van der Waals surface area contributed by atoms with Crippen LogP contribution < -0.4 is 5.32 Å². The first kappa shape index (κ1) is 18.9. The highest BCUT2D eigenvalue weighted by Crippen LogP contribution is 2.27. The number of piperidine rings is 1. The second kappa shape index (κ2) is 8.65. The number of hydrogen-bond donors (Lipinski definition) is 1. The van der Waals surface area contributed by atoms with E-state index in [1.54, 1.807) is 0 Å². The van der Waals surface area contributed by atoms with Gasteiger partial charge in [-0.25, -0.2) is 4.39 Å². The molecule has 1 aliphatic heterocycles. The van der Waals surface area contributed by atoms with E-state index < -0.39 is 11.7 Å². The quantitative estimate of drug-likeness (QED) is 0.823. The highest BCUT2D eigenvalue weighted by atomic mass is 35.5. The summed E-state index contributed by atoms with van der Waals surface area (Å²) in [5.41, 5.74) is 1.07. The Labute approximate surface area is 159 Å². The van der Waals surface area contributed by atoms with Crippen molar-refractivity contribution in [3.8, 4) is 0 Å². The molecule has 0 bridgehead atoms. The topological polar surface area (TPSA) is 32.3 Å². The fraction of sp³-hybridized carbons (Fsp3) is 0.381. The second-order valence-electron chi connectivity index (χ2n) is 6.95. The summed E-state index contributed by atoms with van der Waals surface area (Å²) in [6.07, 6.45) is 2.30. The average molecular weight is 375 g/mol. The first-order valence-corrected chi connectivity index (χ1v) is 9.45. The fourth-order valence-electron chi connectivity index (χ4n) is 3.47. The summed E-state index contributed by atoms with van der Waals surface area (Å²) < 4.78 is 14.0. The van der Waals surface area contributed by atoms with Gasteiger partial charge in [0, 0.05) is 6.54 Å². The Bertz CT molecular complexity index is 725. The normalized spacial score (nSPS) is 17.0. The molecule has 0 aliphatic carbocycles. The molecule has 0 aromatic heterocycles. The Hall–Kier alpha value is -1.91. The predicted octanol–water partition coefficient (Wildman–Crippen LogP) is 4.68. The Morgan fingerprint density at radius 2 is 1.88 bits per heavy atom. The summed E-state index contributed by atoms with van der Waals surface area (Å²) in [5.74, 6) is -0.341. The number of likely N-dealkylation sites (tertiary alicyclic amines) is 1. The van der Waals surface area contributed by atoms with Crippen molar-refractivity contribution >= 4 is 17.5 Å². The number of nitrogens with zero attached hydrogens (tertiary/aromatic N) is 1. The molecule has 1 heterocycles. The number of amides is 1. The molecule has 1 N–H and O–H groups in total. The van der Waals surface area contributed by atoms with E-state index in [9.17, 15) is 9.18 Å². The Morgan fingerprint density at radius 3 is 2.54 bits per heavy atom. The number of hydrogen-bond acceptors (Lipinski definition) is 2. The van der Waals surface area contributed by atoms with E-state index in [1.165, 1.54) is 18.2 Å². The first-order chi connectivity index (χ1) is 12.6. The lowest BCUT2D eigenvalue weighted by Crippen LogP contribution is -2.42. The zero-order valence-electron chi connectivity index (χ0n) is 14.9. The van der Waals surface area contributed by atoms with Crippen molar-refractivity contribution in [2.75, 3.05) is 19.6 Å². The van der Waals surface area contributed by atoms with Gasteiger partial charge in [0.05, 0.1) is 16.6 Å². The van der Waals surface area contributed by atoms with Crippen LogP contribution in [-0.4, -0.2) is 30.4 Å². The first-order valence-electron chi connectivity index (χ1n) is 9.07. The summed E-state index contributed by atoms with van der Waals surface area (Å²) >= 11 is 6.01. The minimum absolute atomic E-state index is 0.0678. The van der Waals surface area contributed by atoms with Crippen molar-refractivity contribution in [3.05, 3.63) is 70.5 Å². The van der Waals surface area contributed by atoms with Gasteiger partial charge in [-0.15, -0.1) is 0 Å². The number of halogens is 2. The monoisotopic (exact) mass is 374 g/mol. The smallest absolute Gasteiger partial charge is 0.255 e. The number of benzene rings is 2. The lowest BCUT2D eigenvalue weighted by Gasteiger charge is -2.37. The zero-order valence-corrected chi connectivity index (χ0v) is 15.7. The van der Waals surface area contributed by atoms with Gasteiger partial charge in [-0.1, -0.05) is 54.9 Å². The van der Waals surface area contributed by atoms with Crippen LogP contribution in [0.4, 0.5) is 4.39 Å². The van der Waals surface area contributed by atoms with Crippen LogP contribution >= 0.6 is 11.6 Å². The Balaban J connectivity index is 1.75. The third-order valence-corrected chi connectivity index (χ3v) is 5.40. The molecule has 1 unspecified atom stereocenters. The van der Waals surface area contributed by atoms with Gasteiger partial charge >= 0.3 is 0 Å². The van der Waals surface area contributed by atoms with E-state index >= 15 is 0 Å². The van der Waals surface area contributed by atoms with Crippen LogP contribution in [0, 0.1) is 11.7 Å². The van der Waals surface area contributed by atoms with Gasteiger partial charge in [-0.2, -0.15) is 0 Å². The molecule has 1 atom stereocenters. The van der Waals surface area contributed by atoms with Gasteiger partial charge < -0.3 is 5.32 Å². The lowest BCUT2D eigenvalue weighted by molar-refractivity contribution is 0.0909. The standard InChI is InChI=1S/C21H24ClFN2O/c1-15-10-12-25(13-11-15)19(16-6-3-2-4-7-16)14-24-21(26)20-17(22)8-5-9-18(20)23/h2-9,15,19H,10-14H2,1H3,(H,24,26). The maximum Gasteiger partial charge on any atom is 0.255 e. The van der Waals surface area contributed by atoms with Crippen molar-refractivity contribution in [2.24, 2.45) is 5.92 Å². The third-order valence-electron chi connectivity index (χ3n) is 5.09. The molecule has 26 heavy (non-hydrogen) atoms. The second-order valence-corrected chi connectivity index (χ2v) is 7.36. The van der Waals surface area contributed by atoms with Gasteiger partial charge in [0.2, 0.25) is 0 Å². The maximum atomic E-state index is 14.0. The summed E-state index contributed by atoms with van der Waals surface area (Å²) in [6.45, 7) is 4.69. The van der Waals surface area contributed by atoms with Crippen molar-refractivity contribution in [2.45, 2.75) is 25.8 Å². The number of rotatable bonds is 5. The summed E-state index contributed by atoms with van der Waals surface area (Å²) in [7, 11) is 0. The van der Waals surface area contributed by atoms with Crippen LogP contribution in [0.3, 0.4) is 0 Å². The molecule has 0 saturated carbocycles. The minimum atomic E-state index is -0.599. The van der Waals surface area contributed by atoms with Crippen LogP contribution in [0.2, 0.25) is 5.02 Å². The predicted molar refractivity (Wildman–Crippen MR) is 103 cm³/mol. The molecular formula is C21H24ClFN2O. The maximum absolute atomic E-state index is 14.0. The van der Waals surface area contributed by atoms with Crippen LogP contribution in [-0.2, 0) is 0 Å². The fourth-order valence-corrected chi connectivity index (χ4v) is 3.71. The molecule has 2 aromatic carbocycles. The molecular weight excluding hydrogens is 351 g/mol. The zero-order chi connectivity index (χ0) is 18.5. The largest absolute Gasteiger partial charge is 0.350 e. The molecule has 5 heteroatoms. The molecule has 1 saturated heterocycles. The van der Waals surface area contributed by atoms with E-state index in [4.69, 9.17) is 11.6 Å². The van der Waals surface area contributed by atoms with Gasteiger partial charge in [-0.05, 0) is 49.5 Å². The van der Waals surface area contributed by atoms with Crippen molar-refractivity contribution < 1.29 is 9.18 Å². The molecule has 0 radical (unpaired) electrons. The van der Waals surface area contributed by atoms with Gasteiger partial charge in [0.15, 0.2) is 0 Å². The van der Waals surface area contributed by atoms with Gasteiger partial charge in [0.25, 0.3) is 5.91 Å². The summed E-state index contributed by atoms with van der Waals surface area (Å²) in [6, 6.07) is 14.5. The molecule has 2 aromatic rings. The number of carbonyl (C=O) groups is 1. The van der Waals surface area contributed by atoms with Crippen LogP contribution in [0.15, 0.2) is 48.5 Å². The molecule has 138 valence electrons. The molecule has 1 fully saturated rings. The van der Waals surface area contributed by atoms with Crippen molar-refractivity contribution in [3.63, 3.8) is 0 Å². The number of carbonyl (C=O) groups excluding carboxylic acids is 1. The molecule has 0 spiro atoms. The highest BCUT2D eigenvalue weighted by Gasteiger charge is 2.26. The number of nitrogens with one attached hydrogen (secondary N) is 1. The van der Waals surface area contributed by atoms with E-state index in [-0.39, 0.29) is 16.6 Å². The lowest BCUT2D eigenvalue weighted by atomic mass is 9.95. The van der Waals surface area contributed by atoms with Crippen LogP contribution in [0.25, 0.3) is 0 Å². The van der Waals surface area contributed by atoms with Gasteiger partial charge in [0.1, 0.15) is 5.82 Å². The minimum Gasteiger partial charge on any atom is -0.350 e. The molecule has 1 aliphatic rings. The van der Waals surface area contributed by atoms with Crippen molar-refractivity contribution in [1.29, 1.82) is 0 Å². The van der Waals surface area contributed by atoms with E-state index in [0.717, 1.165) is 37.4 Å². The molecule has 1 amide bonds. The molecule has 3 nitrogen and oxygen atoms in total. The Kier molecular flexibility index (Phi) is 6.28. The van der Waals surface area contributed by atoms with Gasteiger partial charge in [-0.3, -0.25) is 9.69 Å². The Morgan fingerprint density at radius 1 is 1.19 bits per heavy atom. The van der Waals surface area contributed by atoms with E-state index in [0.29, 0.717) is 6.54 Å². The van der Waals surface area contributed by atoms with E-state index in [1.807, 2.05) is 18.2 Å². The van der Waals surface area contributed by atoms with Crippen LogP contribution in [0.1, 0.15) is 41.7 Å².